The Hall–Kier alpha value is -1.48. The maximum absolute atomic E-state index is 5.83. The fraction of sp³-hybridized carbons (Fsp3) is 0.0769. The molecular weight excluding hydrogens is 266 g/mol. The highest BCUT2D eigenvalue weighted by molar-refractivity contribution is 9.10. The second-order valence-corrected chi connectivity index (χ2v) is 4.29. The maximum Gasteiger partial charge on any atom is 0.156 e. The van der Waals surface area contributed by atoms with E-state index in [0.717, 1.165) is 10.0 Å². The molecular formula is C13H12BrNO. The first kappa shape index (κ1) is 11.0. The Balaban J connectivity index is 2.11. The predicted octanol–water partition coefficient (Wildman–Crippen LogP) is 3.61. The fourth-order valence-corrected chi connectivity index (χ4v) is 1.90. The molecule has 0 aliphatic rings. The van der Waals surface area contributed by atoms with Crippen molar-refractivity contribution in [3.05, 3.63) is 58.6 Å². The van der Waals surface area contributed by atoms with Crippen LogP contribution in [0.25, 0.3) is 0 Å². The van der Waals surface area contributed by atoms with Crippen molar-refractivity contribution in [2.75, 3.05) is 5.73 Å². The Morgan fingerprint density at radius 1 is 1.00 bits per heavy atom. The molecule has 0 aliphatic carbocycles. The Kier molecular flexibility index (Phi) is 3.47. The lowest BCUT2D eigenvalue weighted by Crippen LogP contribution is -1.99. The molecule has 0 amide bonds. The normalized spacial score (nSPS) is 10.1. The third-order valence-corrected chi connectivity index (χ3v) is 2.85. The van der Waals surface area contributed by atoms with Gasteiger partial charge in [0.15, 0.2) is 5.75 Å². The van der Waals surface area contributed by atoms with E-state index in [4.69, 9.17) is 10.5 Å². The molecule has 3 heteroatoms. The van der Waals surface area contributed by atoms with Crippen molar-refractivity contribution in [3.63, 3.8) is 0 Å². The third-order valence-electron chi connectivity index (χ3n) is 2.22. The molecule has 2 aromatic carbocycles. The number of para-hydroxylation sites is 1. The van der Waals surface area contributed by atoms with E-state index in [9.17, 15) is 0 Å². The number of rotatable bonds is 3. The highest BCUT2D eigenvalue weighted by atomic mass is 79.9. The summed E-state index contributed by atoms with van der Waals surface area (Å²) in [5.74, 6) is 0.700. The second-order valence-electron chi connectivity index (χ2n) is 3.43. The van der Waals surface area contributed by atoms with Crippen LogP contribution in [0.4, 0.5) is 5.69 Å². The summed E-state index contributed by atoms with van der Waals surface area (Å²) in [5.41, 5.74) is 7.60. The molecule has 2 rings (SSSR count). The highest BCUT2D eigenvalue weighted by Crippen LogP contribution is 2.31. The largest absolute Gasteiger partial charge is 0.486 e. The molecule has 0 spiro atoms. The number of ether oxygens (including phenoxy) is 1. The van der Waals surface area contributed by atoms with Crippen molar-refractivity contribution in [3.8, 4) is 5.75 Å². The van der Waals surface area contributed by atoms with E-state index in [0.29, 0.717) is 18.0 Å². The highest BCUT2D eigenvalue weighted by Gasteiger charge is 2.04. The zero-order valence-corrected chi connectivity index (χ0v) is 10.3. The molecule has 2 N–H and O–H groups in total. The van der Waals surface area contributed by atoms with Gasteiger partial charge in [0.2, 0.25) is 0 Å². The summed E-state index contributed by atoms with van der Waals surface area (Å²) in [6.45, 7) is 0.521. The van der Waals surface area contributed by atoms with Gasteiger partial charge in [0.25, 0.3) is 0 Å². The number of halogens is 1. The SMILES string of the molecule is Nc1cccc(Br)c1OCc1ccccc1. The summed E-state index contributed by atoms with van der Waals surface area (Å²) in [6, 6.07) is 15.6. The molecule has 82 valence electrons. The summed E-state index contributed by atoms with van der Waals surface area (Å²) in [7, 11) is 0. The van der Waals surface area contributed by atoms with Crippen LogP contribution in [0.5, 0.6) is 5.75 Å². The second kappa shape index (κ2) is 5.03. The Labute approximate surface area is 103 Å². The molecule has 16 heavy (non-hydrogen) atoms. The molecule has 0 saturated carbocycles. The van der Waals surface area contributed by atoms with Crippen LogP contribution in [0, 0.1) is 0 Å². The molecule has 0 bridgehead atoms. The van der Waals surface area contributed by atoms with Gasteiger partial charge < -0.3 is 10.5 Å². The minimum Gasteiger partial charge on any atom is -0.486 e. The van der Waals surface area contributed by atoms with Gasteiger partial charge in [-0.15, -0.1) is 0 Å². The first-order chi connectivity index (χ1) is 7.77. The van der Waals surface area contributed by atoms with Crippen LogP contribution >= 0.6 is 15.9 Å². The van der Waals surface area contributed by atoms with Crippen molar-refractivity contribution in [2.24, 2.45) is 0 Å². The summed E-state index contributed by atoms with van der Waals surface area (Å²) < 4.78 is 6.56. The zero-order valence-electron chi connectivity index (χ0n) is 8.69. The smallest absolute Gasteiger partial charge is 0.156 e. The van der Waals surface area contributed by atoms with E-state index in [2.05, 4.69) is 15.9 Å². The lowest BCUT2D eigenvalue weighted by atomic mass is 10.2. The van der Waals surface area contributed by atoms with Crippen molar-refractivity contribution < 1.29 is 4.74 Å². The molecule has 2 nitrogen and oxygen atoms in total. The molecule has 0 aromatic heterocycles. The van der Waals surface area contributed by atoms with Crippen LogP contribution < -0.4 is 10.5 Å². The van der Waals surface area contributed by atoms with E-state index in [1.807, 2.05) is 48.5 Å². The monoisotopic (exact) mass is 277 g/mol. The quantitative estimate of drug-likeness (QED) is 0.870. The van der Waals surface area contributed by atoms with Gasteiger partial charge in [-0.25, -0.2) is 0 Å². The molecule has 0 atom stereocenters. The van der Waals surface area contributed by atoms with Crippen molar-refractivity contribution in [1.29, 1.82) is 0 Å². The van der Waals surface area contributed by atoms with Gasteiger partial charge in [-0.2, -0.15) is 0 Å². The van der Waals surface area contributed by atoms with E-state index in [1.165, 1.54) is 0 Å². The van der Waals surface area contributed by atoms with Crippen LogP contribution in [-0.4, -0.2) is 0 Å². The van der Waals surface area contributed by atoms with Crippen molar-refractivity contribution >= 4 is 21.6 Å². The topological polar surface area (TPSA) is 35.2 Å². The predicted molar refractivity (Wildman–Crippen MR) is 69.3 cm³/mol. The molecule has 0 unspecified atom stereocenters. The van der Waals surface area contributed by atoms with Crippen molar-refractivity contribution in [2.45, 2.75) is 6.61 Å². The molecule has 0 saturated heterocycles. The Morgan fingerprint density at radius 3 is 2.44 bits per heavy atom. The number of nitrogen functional groups attached to an aromatic ring is 1. The van der Waals surface area contributed by atoms with E-state index in [-0.39, 0.29) is 0 Å². The van der Waals surface area contributed by atoms with Gasteiger partial charge in [0.1, 0.15) is 6.61 Å². The Bertz CT molecular complexity index is 450. The van der Waals surface area contributed by atoms with Gasteiger partial charge in [-0.3, -0.25) is 0 Å². The lowest BCUT2D eigenvalue weighted by Gasteiger charge is -2.10. The van der Waals surface area contributed by atoms with Crippen molar-refractivity contribution in [1.82, 2.24) is 0 Å². The van der Waals surface area contributed by atoms with Crippen LogP contribution in [-0.2, 0) is 6.61 Å². The van der Waals surface area contributed by atoms with Crippen LogP contribution in [0.2, 0.25) is 0 Å². The average molecular weight is 278 g/mol. The maximum atomic E-state index is 5.83. The number of nitrogens with two attached hydrogens (primary N) is 1. The van der Waals surface area contributed by atoms with Gasteiger partial charge in [-0.1, -0.05) is 36.4 Å². The van der Waals surface area contributed by atoms with Crippen LogP contribution in [0.3, 0.4) is 0 Å². The third kappa shape index (κ3) is 2.55. The number of benzene rings is 2. The summed E-state index contributed by atoms with van der Waals surface area (Å²) >= 11 is 3.42. The van der Waals surface area contributed by atoms with Gasteiger partial charge in [-0.05, 0) is 33.6 Å². The van der Waals surface area contributed by atoms with E-state index >= 15 is 0 Å². The first-order valence-corrected chi connectivity index (χ1v) is 5.77. The van der Waals surface area contributed by atoms with E-state index in [1.54, 1.807) is 0 Å². The Morgan fingerprint density at radius 2 is 1.75 bits per heavy atom. The first-order valence-electron chi connectivity index (χ1n) is 4.98. The molecule has 0 radical (unpaired) electrons. The lowest BCUT2D eigenvalue weighted by molar-refractivity contribution is 0.306. The van der Waals surface area contributed by atoms with Gasteiger partial charge in [0, 0.05) is 0 Å². The molecule has 0 aliphatic heterocycles. The van der Waals surface area contributed by atoms with E-state index < -0.39 is 0 Å². The summed E-state index contributed by atoms with van der Waals surface area (Å²) in [5, 5.41) is 0. The summed E-state index contributed by atoms with van der Waals surface area (Å²) in [4.78, 5) is 0. The van der Waals surface area contributed by atoms with Crippen LogP contribution in [0.1, 0.15) is 5.56 Å². The molecule has 2 aromatic rings. The minimum atomic E-state index is 0.521. The average Bonchev–Trinajstić information content (AvgIpc) is 2.30. The minimum absolute atomic E-state index is 0.521. The number of anilines is 1. The summed E-state index contributed by atoms with van der Waals surface area (Å²) in [6.07, 6.45) is 0. The zero-order chi connectivity index (χ0) is 11.4. The van der Waals surface area contributed by atoms with Crippen LogP contribution in [0.15, 0.2) is 53.0 Å². The standard InChI is InChI=1S/C13H12BrNO/c14-11-7-4-8-12(15)13(11)16-9-10-5-2-1-3-6-10/h1-8H,9,15H2. The molecule has 0 heterocycles. The number of hydrogen-bond acceptors (Lipinski definition) is 2. The number of hydrogen-bond donors (Lipinski definition) is 1. The molecule has 0 fully saturated rings. The van der Waals surface area contributed by atoms with Gasteiger partial charge >= 0.3 is 0 Å². The van der Waals surface area contributed by atoms with Gasteiger partial charge in [0.05, 0.1) is 10.2 Å². The fourth-order valence-electron chi connectivity index (χ4n) is 1.41.